The van der Waals surface area contributed by atoms with E-state index in [-0.39, 0.29) is 17.8 Å². The molecular weight excluding hydrogens is 349 g/mol. The number of likely N-dealkylation sites (tertiary alicyclic amines) is 1. The predicted molar refractivity (Wildman–Crippen MR) is 96.7 cm³/mol. The standard InChI is InChI=1S/C18H20FN7O/c19-15-5-1-3-13(7-15)9-26-11-16(8-22-26)23-18(27)25-6-2-4-14(10-25)17-20-12-21-24-17/h1,3,5,7-8,11-12,14H,2,4,6,9-10H2,(H,23,27)(H,20,21,24)/t14-/m1/s1. The summed E-state index contributed by atoms with van der Waals surface area (Å²) in [5, 5.41) is 13.9. The minimum atomic E-state index is -0.278. The Morgan fingerprint density at radius 2 is 2.33 bits per heavy atom. The molecule has 1 fully saturated rings. The van der Waals surface area contributed by atoms with E-state index in [1.807, 2.05) is 6.07 Å². The van der Waals surface area contributed by atoms with E-state index in [9.17, 15) is 9.18 Å². The molecule has 1 atom stereocenters. The first kappa shape index (κ1) is 17.2. The predicted octanol–water partition coefficient (Wildman–Crippen LogP) is 2.60. The van der Waals surface area contributed by atoms with Gasteiger partial charge in [0.05, 0.1) is 18.4 Å². The second-order valence-electron chi connectivity index (χ2n) is 6.64. The third kappa shape index (κ3) is 4.13. The first-order valence-corrected chi connectivity index (χ1v) is 8.85. The van der Waals surface area contributed by atoms with Crippen molar-refractivity contribution < 1.29 is 9.18 Å². The van der Waals surface area contributed by atoms with E-state index in [2.05, 4.69) is 25.6 Å². The molecule has 1 aliphatic rings. The summed E-state index contributed by atoms with van der Waals surface area (Å²) in [7, 11) is 0. The van der Waals surface area contributed by atoms with E-state index in [0.717, 1.165) is 24.2 Å². The van der Waals surface area contributed by atoms with Gasteiger partial charge < -0.3 is 10.2 Å². The van der Waals surface area contributed by atoms with Gasteiger partial charge in [-0.05, 0) is 30.5 Å². The monoisotopic (exact) mass is 369 g/mol. The quantitative estimate of drug-likeness (QED) is 0.739. The van der Waals surface area contributed by atoms with Crippen molar-refractivity contribution in [2.24, 2.45) is 0 Å². The Bertz CT molecular complexity index is 908. The highest BCUT2D eigenvalue weighted by atomic mass is 19.1. The summed E-state index contributed by atoms with van der Waals surface area (Å²) in [6.07, 6.45) is 6.71. The third-order valence-corrected chi connectivity index (χ3v) is 4.65. The van der Waals surface area contributed by atoms with Gasteiger partial charge in [0.25, 0.3) is 0 Å². The van der Waals surface area contributed by atoms with Crippen molar-refractivity contribution in [3.8, 4) is 0 Å². The topological polar surface area (TPSA) is 91.7 Å². The van der Waals surface area contributed by atoms with Crippen LogP contribution in [0.4, 0.5) is 14.9 Å². The number of hydrogen-bond acceptors (Lipinski definition) is 4. The van der Waals surface area contributed by atoms with E-state index >= 15 is 0 Å². The molecule has 27 heavy (non-hydrogen) atoms. The average Bonchev–Trinajstić information content (AvgIpc) is 3.34. The van der Waals surface area contributed by atoms with E-state index < -0.39 is 0 Å². The number of nitrogens with zero attached hydrogens (tertiary/aromatic N) is 5. The van der Waals surface area contributed by atoms with E-state index in [4.69, 9.17) is 0 Å². The molecule has 0 unspecified atom stereocenters. The van der Waals surface area contributed by atoms with Crippen LogP contribution in [0.3, 0.4) is 0 Å². The molecule has 1 saturated heterocycles. The van der Waals surface area contributed by atoms with E-state index in [0.29, 0.717) is 25.3 Å². The zero-order valence-corrected chi connectivity index (χ0v) is 14.7. The van der Waals surface area contributed by atoms with Gasteiger partial charge >= 0.3 is 6.03 Å². The molecule has 1 aliphatic heterocycles. The smallest absolute Gasteiger partial charge is 0.321 e. The number of rotatable bonds is 4. The van der Waals surface area contributed by atoms with Crippen molar-refractivity contribution in [1.29, 1.82) is 0 Å². The van der Waals surface area contributed by atoms with Gasteiger partial charge in [0, 0.05) is 25.2 Å². The Labute approximate surface area is 155 Å². The number of H-pyrrole nitrogens is 1. The van der Waals surface area contributed by atoms with Gasteiger partial charge in [-0.1, -0.05) is 12.1 Å². The lowest BCUT2D eigenvalue weighted by atomic mass is 9.98. The first-order chi connectivity index (χ1) is 13.2. The minimum absolute atomic E-state index is 0.162. The van der Waals surface area contributed by atoms with Gasteiger partial charge in [0.15, 0.2) is 0 Å². The van der Waals surface area contributed by atoms with Gasteiger partial charge in [-0.2, -0.15) is 10.2 Å². The summed E-state index contributed by atoms with van der Waals surface area (Å²) < 4.78 is 14.9. The number of halogens is 1. The molecule has 0 bridgehead atoms. The van der Waals surface area contributed by atoms with Crippen LogP contribution >= 0.6 is 0 Å². The highest BCUT2D eigenvalue weighted by Crippen LogP contribution is 2.24. The second-order valence-corrected chi connectivity index (χ2v) is 6.64. The third-order valence-electron chi connectivity index (χ3n) is 4.65. The van der Waals surface area contributed by atoms with E-state index in [1.165, 1.54) is 18.5 Å². The molecule has 0 aliphatic carbocycles. The SMILES string of the molecule is O=C(Nc1cnn(Cc2cccc(F)c2)c1)N1CCC[C@@H](c2ncn[nH]2)C1. The molecule has 3 heterocycles. The Morgan fingerprint density at radius 3 is 3.15 bits per heavy atom. The molecule has 0 spiro atoms. The van der Waals surface area contributed by atoms with Crippen LogP contribution in [0.1, 0.15) is 30.1 Å². The van der Waals surface area contributed by atoms with Gasteiger partial charge in [-0.25, -0.2) is 14.2 Å². The lowest BCUT2D eigenvalue weighted by Crippen LogP contribution is -2.41. The second kappa shape index (κ2) is 7.56. The van der Waals surface area contributed by atoms with Crippen LogP contribution in [0.5, 0.6) is 0 Å². The maximum atomic E-state index is 13.3. The fourth-order valence-corrected chi connectivity index (χ4v) is 3.34. The maximum Gasteiger partial charge on any atom is 0.321 e. The first-order valence-electron chi connectivity index (χ1n) is 8.85. The number of carbonyl (C=O) groups is 1. The number of hydrogen-bond donors (Lipinski definition) is 2. The zero-order chi connectivity index (χ0) is 18.6. The van der Waals surface area contributed by atoms with Gasteiger partial charge in [-0.15, -0.1) is 0 Å². The number of anilines is 1. The number of benzene rings is 1. The number of aromatic amines is 1. The van der Waals surface area contributed by atoms with Gasteiger partial charge in [0.1, 0.15) is 18.0 Å². The van der Waals surface area contributed by atoms with E-state index in [1.54, 1.807) is 28.0 Å². The molecule has 1 aromatic carbocycles. The number of carbonyl (C=O) groups excluding carboxylic acids is 1. The lowest BCUT2D eigenvalue weighted by Gasteiger charge is -2.31. The van der Waals surface area contributed by atoms with Crippen molar-refractivity contribution >= 4 is 11.7 Å². The summed E-state index contributed by atoms with van der Waals surface area (Å²) in [5.41, 5.74) is 1.42. The Balaban J connectivity index is 1.36. The summed E-state index contributed by atoms with van der Waals surface area (Å²) in [6.45, 7) is 1.73. The van der Waals surface area contributed by atoms with Crippen molar-refractivity contribution in [2.45, 2.75) is 25.3 Å². The fraction of sp³-hybridized carbons (Fsp3) is 0.333. The number of piperidine rings is 1. The van der Waals surface area contributed by atoms with Crippen molar-refractivity contribution in [1.82, 2.24) is 29.9 Å². The molecule has 2 amide bonds. The normalized spacial score (nSPS) is 17.1. The highest BCUT2D eigenvalue weighted by Gasteiger charge is 2.26. The summed E-state index contributed by atoms with van der Waals surface area (Å²) >= 11 is 0. The maximum absolute atomic E-state index is 13.3. The molecule has 0 radical (unpaired) electrons. The Morgan fingerprint density at radius 1 is 1.41 bits per heavy atom. The number of amides is 2. The molecule has 4 rings (SSSR count). The zero-order valence-electron chi connectivity index (χ0n) is 14.7. The Hall–Kier alpha value is -3.23. The van der Waals surface area contributed by atoms with Crippen LogP contribution < -0.4 is 5.32 Å². The molecule has 2 aromatic heterocycles. The Kier molecular flexibility index (Phi) is 4.82. The molecule has 3 aromatic rings. The van der Waals surface area contributed by atoms with Crippen LogP contribution in [-0.4, -0.2) is 49.0 Å². The number of urea groups is 1. The molecular formula is C18H20FN7O. The van der Waals surface area contributed by atoms with Crippen LogP contribution in [0.15, 0.2) is 43.0 Å². The molecule has 140 valence electrons. The van der Waals surface area contributed by atoms with Crippen LogP contribution in [0, 0.1) is 5.82 Å². The highest BCUT2D eigenvalue weighted by molar-refractivity contribution is 5.89. The molecule has 2 N–H and O–H groups in total. The van der Waals surface area contributed by atoms with Crippen molar-refractivity contribution in [3.05, 3.63) is 60.2 Å². The van der Waals surface area contributed by atoms with Crippen LogP contribution in [0.25, 0.3) is 0 Å². The molecule has 9 heteroatoms. The fourth-order valence-electron chi connectivity index (χ4n) is 3.34. The van der Waals surface area contributed by atoms with Crippen molar-refractivity contribution in [2.75, 3.05) is 18.4 Å². The summed E-state index contributed by atoms with van der Waals surface area (Å²) in [6, 6.07) is 6.21. The average molecular weight is 369 g/mol. The molecule has 0 saturated carbocycles. The lowest BCUT2D eigenvalue weighted by molar-refractivity contribution is 0.191. The van der Waals surface area contributed by atoms with Crippen LogP contribution in [0.2, 0.25) is 0 Å². The minimum Gasteiger partial charge on any atom is -0.324 e. The molecule has 8 nitrogen and oxygen atoms in total. The van der Waals surface area contributed by atoms with Gasteiger partial charge in [-0.3, -0.25) is 9.78 Å². The number of aromatic nitrogens is 5. The van der Waals surface area contributed by atoms with Crippen molar-refractivity contribution in [3.63, 3.8) is 0 Å². The van der Waals surface area contributed by atoms with Gasteiger partial charge in [0.2, 0.25) is 0 Å². The van der Waals surface area contributed by atoms with Crippen LogP contribution in [-0.2, 0) is 6.54 Å². The summed E-state index contributed by atoms with van der Waals surface area (Å²) in [5.74, 6) is 0.706. The largest absolute Gasteiger partial charge is 0.324 e. The summed E-state index contributed by atoms with van der Waals surface area (Å²) in [4.78, 5) is 18.6. The number of nitrogens with one attached hydrogen (secondary N) is 2.